The summed E-state index contributed by atoms with van der Waals surface area (Å²) in [5.74, 6) is 0.358. The first kappa shape index (κ1) is 24.8. The smallest absolute Gasteiger partial charge is 0.328 e. The molecule has 1 aromatic carbocycles. The molecule has 1 amide bonds. The highest BCUT2D eigenvalue weighted by atomic mass is 16.5. The van der Waals surface area contributed by atoms with E-state index in [-0.39, 0.29) is 17.2 Å². The number of rotatable bonds is 6. The minimum atomic E-state index is -0.629. The van der Waals surface area contributed by atoms with Gasteiger partial charge in [0.2, 0.25) is 0 Å². The van der Waals surface area contributed by atoms with E-state index in [0.29, 0.717) is 50.3 Å². The van der Waals surface area contributed by atoms with E-state index in [1.807, 2.05) is 24.3 Å². The number of esters is 1. The molecular weight excluding hydrogens is 450 g/mol. The normalized spacial score (nSPS) is 18.4. The number of piperidine rings is 1. The first-order chi connectivity index (χ1) is 17.0. The van der Waals surface area contributed by atoms with E-state index in [2.05, 4.69) is 4.90 Å². The Morgan fingerprint density at radius 3 is 2.43 bits per heavy atom. The summed E-state index contributed by atoms with van der Waals surface area (Å²) < 4.78 is 17.4. The van der Waals surface area contributed by atoms with Crippen molar-refractivity contribution in [2.24, 2.45) is 0 Å². The number of carbonyl (C=O) groups excluding carboxylic acids is 2. The zero-order chi connectivity index (χ0) is 24.9. The van der Waals surface area contributed by atoms with Gasteiger partial charge in [-0.25, -0.2) is 4.79 Å². The van der Waals surface area contributed by atoms with E-state index < -0.39 is 12.0 Å². The minimum Gasteiger partial charge on any atom is -0.497 e. The number of fused-ring (bicyclic) bond motifs is 1. The van der Waals surface area contributed by atoms with Crippen molar-refractivity contribution >= 4 is 11.9 Å². The second-order valence-corrected chi connectivity index (χ2v) is 8.93. The molecule has 0 saturated carbocycles. The van der Waals surface area contributed by atoms with Crippen LogP contribution in [0.25, 0.3) is 0 Å². The molecule has 1 aromatic heterocycles. The molecule has 2 aliphatic rings. The van der Waals surface area contributed by atoms with Crippen LogP contribution in [0, 0.1) is 0 Å². The number of ether oxygens (including phenoxy) is 3. The van der Waals surface area contributed by atoms with E-state index in [0.717, 1.165) is 30.7 Å². The van der Waals surface area contributed by atoms with Crippen LogP contribution in [0.4, 0.5) is 0 Å². The van der Waals surface area contributed by atoms with Crippen molar-refractivity contribution in [1.29, 1.82) is 0 Å². The molecule has 2 aromatic rings. The van der Waals surface area contributed by atoms with Crippen LogP contribution >= 0.6 is 0 Å². The predicted molar refractivity (Wildman–Crippen MR) is 130 cm³/mol. The second kappa shape index (κ2) is 10.9. The van der Waals surface area contributed by atoms with Crippen LogP contribution in [0.15, 0.2) is 35.1 Å². The van der Waals surface area contributed by atoms with E-state index in [1.54, 1.807) is 16.6 Å². The number of carbonyl (C=O) groups is 2. The van der Waals surface area contributed by atoms with Gasteiger partial charge < -0.3 is 23.7 Å². The molecule has 1 atom stereocenters. The Morgan fingerprint density at radius 2 is 1.74 bits per heavy atom. The van der Waals surface area contributed by atoms with Crippen LogP contribution in [0.3, 0.4) is 0 Å². The van der Waals surface area contributed by atoms with Crippen molar-refractivity contribution in [1.82, 2.24) is 14.4 Å². The highest BCUT2D eigenvalue weighted by Gasteiger charge is 2.36. The number of benzene rings is 1. The third-order valence-corrected chi connectivity index (χ3v) is 6.92. The summed E-state index contributed by atoms with van der Waals surface area (Å²) in [6.45, 7) is 3.01. The molecule has 3 heterocycles. The van der Waals surface area contributed by atoms with Crippen LogP contribution < -0.4 is 15.0 Å². The lowest BCUT2D eigenvalue weighted by atomic mass is 9.99. The SMILES string of the molecule is COC(=O)[C@@H]1CCCCN1C(=O)c1c(OC)cc(=O)n2c1CCN(Cc1ccc(OC)cc1)CC2. The Hall–Kier alpha value is -3.33. The Labute approximate surface area is 205 Å². The van der Waals surface area contributed by atoms with Gasteiger partial charge in [0.15, 0.2) is 0 Å². The monoisotopic (exact) mass is 483 g/mol. The van der Waals surface area contributed by atoms with Crippen molar-refractivity contribution in [3.05, 3.63) is 57.5 Å². The molecule has 0 radical (unpaired) electrons. The summed E-state index contributed by atoms with van der Waals surface area (Å²) >= 11 is 0. The van der Waals surface area contributed by atoms with E-state index in [4.69, 9.17) is 14.2 Å². The summed E-state index contributed by atoms with van der Waals surface area (Å²) in [7, 11) is 4.44. The molecule has 0 unspecified atom stereocenters. The minimum absolute atomic E-state index is 0.192. The lowest BCUT2D eigenvalue weighted by Crippen LogP contribution is -2.49. The average Bonchev–Trinajstić information content (AvgIpc) is 3.11. The molecular formula is C26H33N3O6. The summed E-state index contributed by atoms with van der Waals surface area (Å²) in [6, 6.07) is 8.69. The summed E-state index contributed by atoms with van der Waals surface area (Å²) in [5.41, 5.74) is 1.98. The number of hydrogen-bond donors (Lipinski definition) is 0. The van der Waals surface area contributed by atoms with Crippen LogP contribution in [0.1, 0.15) is 40.9 Å². The molecule has 0 aliphatic carbocycles. The van der Waals surface area contributed by atoms with Gasteiger partial charge in [0, 0.05) is 50.9 Å². The quantitative estimate of drug-likeness (QED) is 0.581. The number of nitrogens with zero attached hydrogens (tertiary/aromatic N) is 3. The number of methoxy groups -OCH3 is 3. The number of aromatic nitrogens is 1. The van der Waals surface area contributed by atoms with Crippen molar-refractivity contribution in [2.45, 2.75) is 44.8 Å². The van der Waals surface area contributed by atoms with Gasteiger partial charge in [-0.05, 0) is 37.0 Å². The largest absolute Gasteiger partial charge is 0.497 e. The molecule has 9 nitrogen and oxygen atoms in total. The topological polar surface area (TPSA) is 90.3 Å². The van der Waals surface area contributed by atoms with E-state index in [1.165, 1.54) is 20.3 Å². The second-order valence-electron chi connectivity index (χ2n) is 8.93. The van der Waals surface area contributed by atoms with E-state index >= 15 is 0 Å². The first-order valence-electron chi connectivity index (χ1n) is 12.0. The van der Waals surface area contributed by atoms with Crippen LogP contribution in [-0.2, 0) is 29.0 Å². The van der Waals surface area contributed by atoms with Crippen molar-refractivity contribution in [3.8, 4) is 11.5 Å². The molecule has 9 heteroatoms. The van der Waals surface area contributed by atoms with Gasteiger partial charge in [0.05, 0.1) is 21.3 Å². The molecule has 0 bridgehead atoms. The Kier molecular flexibility index (Phi) is 7.75. The third-order valence-electron chi connectivity index (χ3n) is 6.92. The molecule has 35 heavy (non-hydrogen) atoms. The lowest BCUT2D eigenvalue weighted by molar-refractivity contribution is -0.147. The maximum Gasteiger partial charge on any atom is 0.328 e. The van der Waals surface area contributed by atoms with Crippen LogP contribution in [-0.4, -0.2) is 73.2 Å². The average molecular weight is 484 g/mol. The number of pyridine rings is 1. The summed E-state index contributed by atoms with van der Waals surface area (Å²) in [5, 5.41) is 0. The Balaban J connectivity index is 1.63. The van der Waals surface area contributed by atoms with Crippen LogP contribution in [0.2, 0.25) is 0 Å². The Morgan fingerprint density at radius 1 is 0.971 bits per heavy atom. The fourth-order valence-corrected chi connectivity index (χ4v) is 5.03. The standard InChI is InChI=1S/C26H33N3O6/c1-33-19-9-7-18(8-10-19)17-27-13-11-20-24(22(34-2)16-23(30)28(20)15-14-27)25(31)29-12-5-4-6-21(29)26(32)35-3/h7-10,16,21H,4-6,11-15,17H2,1-3H3/t21-/m0/s1. The third kappa shape index (κ3) is 5.19. The fourth-order valence-electron chi connectivity index (χ4n) is 5.03. The highest BCUT2D eigenvalue weighted by molar-refractivity contribution is 6.00. The maximum absolute atomic E-state index is 13.8. The number of amides is 1. The molecule has 1 fully saturated rings. The molecule has 2 aliphatic heterocycles. The van der Waals surface area contributed by atoms with E-state index in [9.17, 15) is 14.4 Å². The first-order valence-corrected chi connectivity index (χ1v) is 12.0. The number of likely N-dealkylation sites (tertiary alicyclic amines) is 1. The van der Waals surface area contributed by atoms with Gasteiger partial charge in [-0.1, -0.05) is 12.1 Å². The molecule has 1 saturated heterocycles. The lowest BCUT2D eigenvalue weighted by Gasteiger charge is -2.34. The predicted octanol–water partition coefficient (Wildman–Crippen LogP) is 2.09. The van der Waals surface area contributed by atoms with Crippen molar-refractivity contribution in [3.63, 3.8) is 0 Å². The van der Waals surface area contributed by atoms with Gasteiger partial charge in [-0.3, -0.25) is 14.5 Å². The summed E-state index contributed by atoms with van der Waals surface area (Å²) in [6.07, 6.45) is 2.74. The molecule has 0 N–H and O–H groups in total. The highest BCUT2D eigenvalue weighted by Crippen LogP contribution is 2.28. The number of hydrogen-bond acceptors (Lipinski definition) is 7. The van der Waals surface area contributed by atoms with Gasteiger partial charge in [-0.2, -0.15) is 0 Å². The van der Waals surface area contributed by atoms with Crippen molar-refractivity contribution < 1.29 is 23.8 Å². The Bertz CT molecular complexity index is 1130. The maximum atomic E-state index is 13.8. The van der Waals surface area contributed by atoms with Gasteiger partial charge in [0.1, 0.15) is 23.1 Å². The van der Waals surface area contributed by atoms with Crippen LogP contribution in [0.5, 0.6) is 11.5 Å². The van der Waals surface area contributed by atoms with Gasteiger partial charge in [0.25, 0.3) is 11.5 Å². The van der Waals surface area contributed by atoms with Crippen molar-refractivity contribution in [2.75, 3.05) is 41.0 Å². The molecule has 0 spiro atoms. The molecule has 4 rings (SSSR count). The van der Waals surface area contributed by atoms with Gasteiger partial charge >= 0.3 is 5.97 Å². The summed E-state index contributed by atoms with van der Waals surface area (Å²) in [4.78, 5) is 43.0. The van der Waals surface area contributed by atoms with Gasteiger partial charge in [-0.15, -0.1) is 0 Å². The molecule has 188 valence electrons. The zero-order valence-electron chi connectivity index (χ0n) is 20.6. The zero-order valence-corrected chi connectivity index (χ0v) is 20.6. The fraction of sp³-hybridized carbons (Fsp3) is 0.500.